The molecule has 0 bridgehead atoms. The van der Waals surface area contributed by atoms with Gasteiger partial charge in [-0.1, -0.05) is 6.92 Å². The predicted octanol–water partition coefficient (Wildman–Crippen LogP) is 0.393. The molecule has 0 atom stereocenters. The number of carbonyl (C=O) groups excluding carboxylic acids is 2. The first-order valence-electron chi connectivity index (χ1n) is 4.92. The molecule has 0 unspecified atom stereocenters. The molecule has 0 aliphatic carbocycles. The number of halogens is 1. The zero-order chi connectivity index (χ0) is 11.7. The SMILES string of the molecule is CCN(C)CCNC(=O)NC(=O)CCCl. The van der Waals surface area contributed by atoms with E-state index in [1.165, 1.54) is 0 Å². The molecular weight excluding hydrogens is 218 g/mol. The fourth-order valence-corrected chi connectivity index (χ4v) is 1.01. The van der Waals surface area contributed by atoms with E-state index in [-0.39, 0.29) is 18.2 Å². The maximum atomic E-state index is 11.1. The first-order valence-corrected chi connectivity index (χ1v) is 5.45. The van der Waals surface area contributed by atoms with Gasteiger partial charge >= 0.3 is 6.03 Å². The average molecular weight is 236 g/mol. The van der Waals surface area contributed by atoms with Gasteiger partial charge in [0, 0.05) is 25.4 Å². The largest absolute Gasteiger partial charge is 0.337 e. The van der Waals surface area contributed by atoms with E-state index < -0.39 is 6.03 Å². The summed E-state index contributed by atoms with van der Waals surface area (Å²) in [6.07, 6.45) is 0.157. The summed E-state index contributed by atoms with van der Waals surface area (Å²) in [7, 11) is 1.96. The van der Waals surface area contributed by atoms with Crippen molar-refractivity contribution in [3.8, 4) is 0 Å². The minimum Gasteiger partial charge on any atom is -0.337 e. The van der Waals surface area contributed by atoms with Gasteiger partial charge in [-0.2, -0.15) is 0 Å². The third-order valence-electron chi connectivity index (χ3n) is 1.89. The Morgan fingerprint density at radius 3 is 2.60 bits per heavy atom. The van der Waals surface area contributed by atoms with Gasteiger partial charge in [0.15, 0.2) is 0 Å². The highest BCUT2D eigenvalue weighted by atomic mass is 35.5. The highest BCUT2D eigenvalue weighted by Gasteiger charge is 2.05. The van der Waals surface area contributed by atoms with Crippen molar-refractivity contribution in [3.05, 3.63) is 0 Å². The molecular formula is C9H18ClN3O2. The number of amides is 3. The summed E-state index contributed by atoms with van der Waals surface area (Å²) in [6.45, 7) is 4.23. The molecule has 3 amide bonds. The quantitative estimate of drug-likeness (QED) is 0.655. The lowest BCUT2D eigenvalue weighted by Crippen LogP contribution is -2.42. The molecule has 0 aromatic rings. The molecule has 0 saturated heterocycles. The van der Waals surface area contributed by atoms with Crippen LogP contribution in [0, 0.1) is 0 Å². The summed E-state index contributed by atoms with van der Waals surface area (Å²) >= 11 is 5.35. The number of nitrogens with one attached hydrogen (secondary N) is 2. The van der Waals surface area contributed by atoms with Gasteiger partial charge in [0.1, 0.15) is 0 Å². The molecule has 0 fully saturated rings. The van der Waals surface area contributed by atoms with Crippen LogP contribution in [-0.4, -0.2) is 49.4 Å². The number of hydrogen-bond acceptors (Lipinski definition) is 3. The number of urea groups is 1. The molecule has 5 nitrogen and oxygen atoms in total. The van der Waals surface area contributed by atoms with E-state index in [4.69, 9.17) is 11.6 Å². The summed E-state index contributed by atoms with van der Waals surface area (Å²) in [5.74, 6) is -0.135. The third kappa shape index (κ3) is 8.20. The number of hydrogen-bond donors (Lipinski definition) is 2. The Hall–Kier alpha value is -0.810. The zero-order valence-electron chi connectivity index (χ0n) is 9.18. The molecule has 0 aromatic carbocycles. The topological polar surface area (TPSA) is 61.4 Å². The molecule has 0 saturated carbocycles. The highest BCUT2D eigenvalue weighted by molar-refractivity contribution is 6.19. The van der Waals surface area contributed by atoms with Crippen LogP contribution >= 0.6 is 11.6 Å². The van der Waals surface area contributed by atoms with Crippen molar-refractivity contribution in [3.63, 3.8) is 0 Å². The number of imide groups is 1. The van der Waals surface area contributed by atoms with Crippen molar-refractivity contribution in [1.29, 1.82) is 0 Å². The molecule has 0 radical (unpaired) electrons. The van der Waals surface area contributed by atoms with Crippen LogP contribution < -0.4 is 10.6 Å². The molecule has 0 heterocycles. The lowest BCUT2D eigenvalue weighted by Gasteiger charge is -2.13. The standard InChI is InChI=1S/C9H18ClN3O2/c1-3-13(2)7-6-11-9(15)12-8(14)4-5-10/h3-7H2,1-2H3,(H2,11,12,14,15). The molecule has 0 spiro atoms. The van der Waals surface area contributed by atoms with Crippen LogP contribution in [0.4, 0.5) is 4.79 Å². The van der Waals surface area contributed by atoms with E-state index >= 15 is 0 Å². The maximum Gasteiger partial charge on any atom is 0.321 e. The number of alkyl halides is 1. The van der Waals surface area contributed by atoms with Gasteiger partial charge in [-0.3, -0.25) is 10.1 Å². The smallest absolute Gasteiger partial charge is 0.321 e. The van der Waals surface area contributed by atoms with Crippen LogP contribution in [0.25, 0.3) is 0 Å². The highest BCUT2D eigenvalue weighted by Crippen LogP contribution is 1.83. The maximum absolute atomic E-state index is 11.1. The van der Waals surface area contributed by atoms with Gasteiger partial charge in [-0.25, -0.2) is 4.79 Å². The van der Waals surface area contributed by atoms with E-state index in [1.54, 1.807) is 0 Å². The third-order valence-corrected chi connectivity index (χ3v) is 2.08. The van der Waals surface area contributed by atoms with Crippen molar-refractivity contribution in [2.75, 3.05) is 32.6 Å². The summed E-state index contributed by atoms with van der Waals surface area (Å²) in [4.78, 5) is 24.1. The predicted molar refractivity (Wildman–Crippen MR) is 60.0 cm³/mol. The molecule has 15 heavy (non-hydrogen) atoms. The van der Waals surface area contributed by atoms with Crippen LogP contribution in [0.3, 0.4) is 0 Å². The summed E-state index contributed by atoms with van der Waals surface area (Å²) in [5, 5.41) is 4.76. The second-order valence-electron chi connectivity index (χ2n) is 3.14. The molecule has 0 aliphatic rings. The number of nitrogens with zero attached hydrogens (tertiary/aromatic N) is 1. The van der Waals surface area contributed by atoms with Gasteiger partial charge < -0.3 is 10.2 Å². The Kier molecular flexibility index (Phi) is 8.04. The van der Waals surface area contributed by atoms with Crippen LogP contribution in [0.15, 0.2) is 0 Å². The normalized spacial score (nSPS) is 10.1. The van der Waals surface area contributed by atoms with Gasteiger partial charge in [0.05, 0.1) is 0 Å². The Balaban J connectivity index is 3.53. The van der Waals surface area contributed by atoms with Crippen LogP contribution in [0.2, 0.25) is 0 Å². The summed E-state index contributed by atoms with van der Waals surface area (Å²) in [5.41, 5.74) is 0. The zero-order valence-corrected chi connectivity index (χ0v) is 9.93. The number of carbonyl (C=O) groups is 2. The Labute approximate surface area is 95.1 Å². The fourth-order valence-electron chi connectivity index (χ4n) is 0.838. The second kappa shape index (κ2) is 8.49. The first kappa shape index (κ1) is 14.2. The van der Waals surface area contributed by atoms with Crippen molar-refractivity contribution in [1.82, 2.24) is 15.5 Å². The Bertz CT molecular complexity index is 212. The van der Waals surface area contributed by atoms with Gasteiger partial charge in [-0.15, -0.1) is 11.6 Å². The van der Waals surface area contributed by atoms with Crippen molar-refractivity contribution < 1.29 is 9.59 Å². The minimum absolute atomic E-state index is 0.157. The van der Waals surface area contributed by atoms with E-state index in [0.29, 0.717) is 6.54 Å². The summed E-state index contributed by atoms with van der Waals surface area (Å²) < 4.78 is 0. The van der Waals surface area contributed by atoms with E-state index in [2.05, 4.69) is 15.5 Å². The molecule has 88 valence electrons. The van der Waals surface area contributed by atoms with E-state index in [1.807, 2.05) is 14.0 Å². The van der Waals surface area contributed by atoms with Crippen molar-refractivity contribution in [2.45, 2.75) is 13.3 Å². The number of rotatable bonds is 6. The van der Waals surface area contributed by atoms with Crippen molar-refractivity contribution >= 4 is 23.5 Å². The summed E-state index contributed by atoms with van der Waals surface area (Å²) in [6, 6.07) is -0.463. The molecule has 0 rings (SSSR count). The monoisotopic (exact) mass is 235 g/mol. The second-order valence-corrected chi connectivity index (χ2v) is 3.52. The number of likely N-dealkylation sites (N-methyl/N-ethyl adjacent to an activating group) is 1. The Morgan fingerprint density at radius 2 is 2.07 bits per heavy atom. The van der Waals surface area contributed by atoms with Gasteiger partial charge in [0.25, 0.3) is 0 Å². The van der Waals surface area contributed by atoms with Crippen LogP contribution in [0.5, 0.6) is 0 Å². The van der Waals surface area contributed by atoms with Crippen molar-refractivity contribution in [2.24, 2.45) is 0 Å². The Morgan fingerprint density at radius 1 is 1.40 bits per heavy atom. The lowest BCUT2D eigenvalue weighted by atomic mass is 10.4. The van der Waals surface area contributed by atoms with E-state index in [0.717, 1.165) is 13.1 Å². The first-order chi connectivity index (χ1) is 7.10. The van der Waals surface area contributed by atoms with E-state index in [9.17, 15) is 9.59 Å². The van der Waals surface area contributed by atoms with Gasteiger partial charge in [-0.05, 0) is 13.6 Å². The van der Waals surface area contributed by atoms with Gasteiger partial charge in [0.2, 0.25) is 5.91 Å². The molecule has 6 heteroatoms. The fraction of sp³-hybridized carbons (Fsp3) is 0.778. The molecule has 0 aliphatic heterocycles. The molecule has 0 aromatic heterocycles. The van der Waals surface area contributed by atoms with Crippen LogP contribution in [-0.2, 0) is 4.79 Å². The minimum atomic E-state index is -0.463. The van der Waals surface area contributed by atoms with Crippen LogP contribution in [0.1, 0.15) is 13.3 Å². The average Bonchev–Trinajstić information content (AvgIpc) is 2.17. The lowest BCUT2D eigenvalue weighted by molar-refractivity contribution is -0.119. The molecule has 2 N–H and O–H groups in total.